The van der Waals surface area contributed by atoms with Crippen molar-refractivity contribution in [2.45, 2.75) is 52.7 Å². The molecule has 0 radical (unpaired) electrons. The Morgan fingerprint density at radius 3 is 2.62 bits per heavy atom. The molecule has 0 bridgehead atoms. The Morgan fingerprint density at radius 1 is 1.33 bits per heavy atom. The molecule has 0 fully saturated rings. The van der Waals surface area contributed by atoms with E-state index < -0.39 is 5.60 Å². The first-order valence-electron chi connectivity index (χ1n) is 8.16. The highest BCUT2D eigenvalue weighted by Gasteiger charge is 2.18. The van der Waals surface area contributed by atoms with Gasteiger partial charge in [0.2, 0.25) is 0 Å². The minimum absolute atomic E-state index is 0.0416. The monoisotopic (exact) mass is 330 g/mol. The van der Waals surface area contributed by atoms with Gasteiger partial charge in [-0.2, -0.15) is 0 Å². The highest BCUT2D eigenvalue weighted by molar-refractivity contribution is 5.94. The van der Waals surface area contributed by atoms with Crippen LogP contribution in [0.25, 0.3) is 0 Å². The van der Waals surface area contributed by atoms with Crippen molar-refractivity contribution >= 4 is 5.91 Å². The number of nitrogens with zero attached hydrogens (tertiary/aromatic N) is 2. The third-order valence-electron chi connectivity index (χ3n) is 4.12. The zero-order valence-electron chi connectivity index (χ0n) is 15.1. The summed E-state index contributed by atoms with van der Waals surface area (Å²) >= 11 is 0. The fourth-order valence-electron chi connectivity index (χ4n) is 2.57. The molecule has 1 heterocycles. The van der Waals surface area contributed by atoms with Gasteiger partial charge < -0.3 is 14.5 Å². The summed E-state index contributed by atoms with van der Waals surface area (Å²) in [6.45, 7) is 7.78. The van der Waals surface area contributed by atoms with Crippen molar-refractivity contribution in [1.82, 2.24) is 10.1 Å². The molecule has 0 saturated heterocycles. The number of carbonyl (C=O) groups is 1. The highest BCUT2D eigenvalue weighted by Crippen LogP contribution is 2.18. The van der Waals surface area contributed by atoms with E-state index in [9.17, 15) is 9.90 Å². The average Bonchev–Trinajstić information content (AvgIpc) is 2.83. The van der Waals surface area contributed by atoms with Gasteiger partial charge in [-0.1, -0.05) is 17.3 Å². The first-order chi connectivity index (χ1) is 11.2. The molecule has 0 aliphatic rings. The van der Waals surface area contributed by atoms with Crippen LogP contribution in [0.4, 0.5) is 0 Å². The molecule has 2 aromatic rings. The summed E-state index contributed by atoms with van der Waals surface area (Å²) in [7, 11) is 1.78. The normalized spacial score (nSPS) is 11.6. The largest absolute Gasteiger partial charge is 0.390 e. The molecule has 1 amide bonds. The van der Waals surface area contributed by atoms with Gasteiger partial charge in [0.1, 0.15) is 5.76 Å². The lowest BCUT2D eigenvalue weighted by Crippen LogP contribution is -2.26. The topological polar surface area (TPSA) is 66.6 Å². The van der Waals surface area contributed by atoms with Crippen LogP contribution in [0.2, 0.25) is 0 Å². The van der Waals surface area contributed by atoms with Crippen LogP contribution in [-0.4, -0.2) is 33.7 Å². The van der Waals surface area contributed by atoms with E-state index in [0.29, 0.717) is 18.5 Å². The molecule has 1 N–H and O–H groups in total. The number of rotatable bonds is 6. The van der Waals surface area contributed by atoms with Gasteiger partial charge in [0.05, 0.1) is 17.8 Å². The van der Waals surface area contributed by atoms with Crippen LogP contribution in [0.15, 0.2) is 28.8 Å². The van der Waals surface area contributed by atoms with Gasteiger partial charge in [-0.25, -0.2) is 0 Å². The van der Waals surface area contributed by atoms with Gasteiger partial charge >= 0.3 is 0 Å². The van der Waals surface area contributed by atoms with Crippen LogP contribution in [0, 0.1) is 13.8 Å². The van der Waals surface area contributed by atoms with Crippen molar-refractivity contribution in [2.24, 2.45) is 0 Å². The predicted molar refractivity (Wildman–Crippen MR) is 92.8 cm³/mol. The van der Waals surface area contributed by atoms with Crippen LogP contribution < -0.4 is 0 Å². The molecule has 0 spiro atoms. The fraction of sp³-hybridized carbons (Fsp3) is 0.474. The summed E-state index contributed by atoms with van der Waals surface area (Å²) in [6, 6.07) is 7.59. The van der Waals surface area contributed by atoms with Gasteiger partial charge in [-0.3, -0.25) is 4.79 Å². The zero-order valence-corrected chi connectivity index (χ0v) is 15.1. The summed E-state index contributed by atoms with van der Waals surface area (Å²) in [5.41, 5.74) is 2.75. The molecule has 1 aromatic heterocycles. The van der Waals surface area contributed by atoms with Crippen molar-refractivity contribution in [3.8, 4) is 0 Å². The molecule has 5 nitrogen and oxygen atoms in total. The van der Waals surface area contributed by atoms with Crippen LogP contribution >= 0.6 is 0 Å². The molecule has 0 saturated carbocycles. The smallest absolute Gasteiger partial charge is 0.253 e. The molecule has 2 rings (SSSR count). The van der Waals surface area contributed by atoms with Crippen molar-refractivity contribution in [2.75, 3.05) is 7.05 Å². The number of aromatic nitrogens is 1. The van der Waals surface area contributed by atoms with Crippen LogP contribution in [0.3, 0.4) is 0 Å². The summed E-state index contributed by atoms with van der Waals surface area (Å²) in [6.07, 6.45) is 1.39. The van der Waals surface area contributed by atoms with Crippen molar-refractivity contribution in [1.29, 1.82) is 0 Å². The first-order valence-corrected chi connectivity index (χ1v) is 8.16. The van der Waals surface area contributed by atoms with E-state index in [1.807, 2.05) is 38.1 Å². The second-order valence-corrected chi connectivity index (χ2v) is 6.98. The molecule has 0 atom stereocenters. The molecule has 130 valence electrons. The van der Waals surface area contributed by atoms with Gasteiger partial charge in [0.15, 0.2) is 0 Å². The summed E-state index contributed by atoms with van der Waals surface area (Å²) in [4.78, 5) is 14.3. The maximum absolute atomic E-state index is 12.7. The summed E-state index contributed by atoms with van der Waals surface area (Å²) in [5.74, 6) is 0.700. The number of aliphatic hydroxyl groups is 1. The Balaban J connectivity index is 2.09. The summed E-state index contributed by atoms with van der Waals surface area (Å²) in [5, 5.41) is 13.8. The minimum Gasteiger partial charge on any atom is -0.390 e. The van der Waals surface area contributed by atoms with Crippen LogP contribution in [0.1, 0.15) is 53.2 Å². The molecule has 1 aromatic carbocycles. The second kappa shape index (κ2) is 7.18. The molecule has 24 heavy (non-hydrogen) atoms. The number of hydrogen-bond acceptors (Lipinski definition) is 4. The second-order valence-electron chi connectivity index (χ2n) is 6.98. The quantitative estimate of drug-likeness (QED) is 0.883. The van der Waals surface area contributed by atoms with Gasteiger partial charge in [0, 0.05) is 18.2 Å². The Labute approximate surface area is 143 Å². The average molecular weight is 330 g/mol. The Hall–Kier alpha value is -2.14. The molecule has 0 unspecified atom stereocenters. The molecule has 5 heteroatoms. The lowest BCUT2D eigenvalue weighted by Gasteiger charge is -2.19. The number of benzene rings is 1. The van der Waals surface area contributed by atoms with E-state index in [1.54, 1.807) is 25.8 Å². The predicted octanol–water partition coefficient (Wildman–Crippen LogP) is 3.27. The molecule has 0 aliphatic heterocycles. The number of amides is 1. The maximum Gasteiger partial charge on any atom is 0.253 e. The Bertz CT molecular complexity index is 694. The van der Waals surface area contributed by atoms with E-state index in [-0.39, 0.29) is 5.91 Å². The lowest BCUT2D eigenvalue weighted by atomic mass is 9.97. The van der Waals surface area contributed by atoms with E-state index in [4.69, 9.17) is 4.52 Å². The van der Waals surface area contributed by atoms with Gasteiger partial charge in [-0.15, -0.1) is 0 Å². The minimum atomic E-state index is -0.708. The fourth-order valence-corrected chi connectivity index (χ4v) is 2.57. The van der Waals surface area contributed by atoms with E-state index in [2.05, 4.69) is 5.16 Å². The first kappa shape index (κ1) is 18.2. The third kappa shape index (κ3) is 4.68. The van der Waals surface area contributed by atoms with Gasteiger partial charge in [-0.05, 0) is 58.2 Å². The van der Waals surface area contributed by atoms with Crippen molar-refractivity contribution < 1.29 is 14.4 Å². The third-order valence-corrected chi connectivity index (χ3v) is 4.12. The number of aryl methyl sites for hydroxylation is 3. The lowest BCUT2D eigenvalue weighted by molar-refractivity contribution is 0.0714. The Kier molecular flexibility index (Phi) is 5.44. The molecular formula is C19H26N2O3. The molecule has 0 aliphatic carbocycles. The van der Waals surface area contributed by atoms with E-state index in [0.717, 1.165) is 29.0 Å². The van der Waals surface area contributed by atoms with Crippen LogP contribution in [-0.2, 0) is 13.0 Å². The summed E-state index contributed by atoms with van der Waals surface area (Å²) < 4.78 is 5.15. The van der Waals surface area contributed by atoms with Crippen LogP contribution in [0.5, 0.6) is 0 Å². The van der Waals surface area contributed by atoms with Crippen molar-refractivity contribution in [3.05, 3.63) is 52.4 Å². The zero-order chi connectivity index (χ0) is 17.9. The standard InChI is InChI=1S/C19H26N2O3/c1-13-17(14(2)24-20-13)12-21(5)18(22)16-8-6-7-15(11-16)9-10-19(3,4)23/h6-8,11,23H,9-10,12H2,1-5H3. The van der Waals surface area contributed by atoms with E-state index >= 15 is 0 Å². The number of carbonyl (C=O) groups excluding carboxylic acids is 1. The number of hydrogen-bond donors (Lipinski definition) is 1. The Morgan fingerprint density at radius 2 is 2.04 bits per heavy atom. The SMILES string of the molecule is Cc1noc(C)c1CN(C)C(=O)c1cccc(CCC(C)(C)O)c1. The maximum atomic E-state index is 12.7. The van der Waals surface area contributed by atoms with Gasteiger partial charge in [0.25, 0.3) is 5.91 Å². The highest BCUT2D eigenvalue weighted by atomic mass is 16.5. The molecular weight excluding hydrogens is 304 g/mol. The van der Waals surface area contributed by atoms with E-state index in [1.165, 1.54) is 0 Å². The van der Waals surface area contributed by atoms with Crippen molar-refractivity contribution in [3.63, 3.8) is 0 Å².